The van der Waals surface area contributed by atoms with E-state index in [1.165, 1.54) is 0 Å². The van der Waals surface area contributed by atoms with E-state index in [9.17, 15) is 30.7 Å². The van der Waals surface area contributed by atoms with Crippen LogP contribution < -0.4 is 0 Å². The van der Waals surface area contributed by atoms with Gasteiger partial charge >= 0.3 is 24.2 Å². The van der Waals surface area contributed by atoms with Gasteiger partial charge in [-0.25, -0.2) is 9.13 Å². The standard InChI is InChI=1S/C5H3F7O2/c1-2(6)4(10,11)14-5(12,13-2)3(7,8)9/h1H3. The third-order valence-corrected chi connectivity index (χ3v) is 1.44. The van der Waals surface area contributed by atoms with Gasteiger partial charge in [-0.05, 0) is 0 Å². The molecule has 0 radical (unpaired) electrons. The van der Waals surface area contributed by atoms with Crippen LogP contribution in [0.15, 0.2) is 0 Å². The minimum atomic E-state index is -5.90. The number of alkyl halides is 7. The first kappa shape index (κ1) is 11.5. The predicted octanol–water partition coefficient (Wildman–Crippen LogP) is 2.50. The first-order chi connectivity index (χ1) is 5.91. The average molecular weight is 228 g/mol. The molecule has 0 bridgehead atoms. The maximum atomic E-state index is 12.6. The summed E-state index contributed by atoms with van der Waals surface area (Å²) in [4.78, 5) is 0. The molecule has 2 atom stereocenters. The maximum Gasteiger partial charge on any atom is 0.478 e. The molecule has 0 spiro atoms. The van der Waals surface area contributed by atoms with E-state index in [4.69, 9.17) is 0 Å². The second-order valence-corrected chi connectivity index (χ2v) is 2.67. The topological polar surface area (TPSA) is 18.5 Å². The van der Waals surface area contributed by atoms with E-state index >= 15 is 0 Å². The van der Waals surface area contributed by atoms with E-state index in [0.29, 0.717) is 0 Å². The van der Waals surface area contributed by atoms with Crippen molar-refractivity contribution < 1.29 is 40.2 Å². The monoisotopic (exact) mass is 228 g/mol. The summed E-state index contributed by atoms with van der Waals surface area (Å²) in [6.07, 6.45) is -10.9. The zero-order valence-corrected chi connectivity index (χ0v) is 6.46. The summed E-state index contributed by atoms with van der Waals surface area (Å²) < 4.78 is 90.3. The summed E-state index contributed by atoms with van der Waals surface area (Å²) in [5.74, 6) is -4.17. The molecule has 1 aliphatic rings. The van der Waals surface area contributed by atoms with Crippen molar-refractivity contribution in [3.63, 3.8) is 0 Å². The van der Waals surface area contributed by atoms with Crippen LogP contribution in [0, 0.1) is 0 Å². The van der Waals surface area contributed by atoms with Gasteiger partial charge in [0.25, 0.3) is 0 Å². The van der Waals surface area contributed by atoms with Crippen molar-refractivity contribution in [3.8, 4) is 0 Å². The van der Waals surface area contributed by atoms with Gasteiger partial charge < -0.3 is 0 Å². The highest BCUT2D eigenvalue weighted by Gasteiger charge is 2.78. The van der Waals surface area contributed by atoms with Crippen LogP contribution in [0.2, 0.25) is 0 Å². The third kappa shape index (κ3) is 1.44. The Morgan fingerprint density at radius 3 is 1.50 bits per heavy atom. The van der Waals surface area contributed by atoms with Crippen LogP contribution in [0.25, 0.3) is 0 Å². The minimum Gasteiger partial charge on any atom is -0.271 e. The Morgan fingerprint density at radius 2 is 1.36 bits per heavy atom. The Hall–Kier alpha value is -0.570. The van der Waals surface area contributed by atoms with Crippen LogP contribution in [0.3, 0.4) is 0 Å². The molecule has 0 aromatic rings. The summed E-state index contributed by atoms with van der Waals surface area (Å²) in [5.41, 5.74) is 0. The van der Waals surface area contributed by atoms with E-state index in [1.54, 1.807) is 0 Å². The number of rotatable bonds is 0. The molecular formula is C5H3F7O2. The van der Waals surface area contributed by atoms with Gasteiger partial charge in [-0.3, -0.25) is 4.74 Å². The third-order valence-electron chi connectivity index (χ3n) is 1.44. The van der Waals surface area contributed by atoms with Crippen LogP contribution in [0.5, 0.6) is 0 Å². The summed E-state index contributed by atoms with van der Waals surface area (Å²) in [7, 11) is 0. The number of ether oxygens (including phenoxy) is 2. The Morgan fingerprint density at radius 1 is 0.929 bits per heavy atom. The number of hydrogen-bond donors (Lipinski definition) is 0. The van der Waals surface area contributed by atoms with Gasteiger partial charge in [0.2, 0.25) is 0 Å². The largest absolute Gasteiger partial charge is 0.478 e. The van der Waals surface area contributed by atoms with E-state index in [2.05, 4.69) is 9.47 Å². The zero-order valence-electron chi connectivity index (χ0n) is 6.46. The van der Waals surface area contributed by atoms with Crippen LogP contribution >= 0.6 is 0 Å². The second kappa shape index (κ2) is 2.51. The lowest BCUT2D eigenvalue weighted by Crippen LogP contribution is -2.43. The highest BCUT2D eigenvalue weighted by Crippen LogP contribution is 2.53. The lowest BCUT2D eigenvalue weighted by Gasteiger charge is -2.20. The minimum absolute atomic E-state index is 0.0694. The molecule has 1 rings (SSSR count). The first-order valence-electron chi connectivity index (χ1n) is 3.14. The SMILES string of the molecule is CC1(F)OC(F)(C(F)(F)F)OC1(F)F. The fraction of sp³-hybridized carbons (Fsp3) is 1.00. The van der Waals surface area contributed by atoms with E-state index < -0.39 is 24.2 Å². The molecule has 2 nitrogen and oxygen atoms in total. The van der Waals surface area contributed by atoms with Crippen molar-refractivity contribution in [2.45, 2.75) is 31.1 Å². The van der Waals surface area contributed by atoms with Crippen molar-refractivity contribution in [3.05, 3.63) is 0 Å². The van der Waals surface area contributed by atoms with E-state index in [-0.39, 0.29) is 6.92 Å². The fourth-order valence-corrected chi connectivity index (χ4v) is 0.699. The zero-order chi connectivity index (χ0) is 11.4. The molecule has 0 aromatic heterocycles. The molecule has 0 aromatic carbocycles. The number of halogens is 7. The lowest BCUT2D eigenvalue weighted by atomic mass is 10.3. The molecule has 1 heterocycles. The summed E-state index contributed by atoms with van der Waals surface area (Å²) in [6.45, 7) is -0.0694. The molecular weight excluding hydrogens is 225 g/mol. The van der Waals surface area contributed by atoms with Crippen LogP contribution in [0.1, 0.15) is 6.92 Å². The smallest absolute Gasteiger partial charge is 0.271 e. The maximum absolute atomic E-state index is 12.6. The number of hydrogen-bond acceptors (Lipinski definition) is 2. The van der Waals surface area contributed by atoms with Crippen LogP contribution in [-0.2, 0) is 9.47 Å². The van der Waals surface area contributed by atoms with Crippen molar-refractivity contribution >= 4 is 0 Å². The Balaban J connectivity index is 3.03. The lowest BCUT2D eigenvalue weighted by molar-refractivity contribution is -0.432. The summed E-state index contributed by atoms with van der Waals surface area (Å²) >= 11 is 0. The Bertz CT molecular complexity index is 229. The quantitative estimate of drug-likeness (QED) is 0.593. The van der Waals surface area contributed by atoms with Crippen LogP contribution in [-0.4, -0.2) is 24.2 Å². The molecule has 0 amide bonds. The Labute approximate surface area is 72.6 Å². The molecule has 14 heavy (non-hydrogen) atoms. The molecule has 9 heteroatoms. The van der Waals surface area contributed by atoms with Crippen molar-refractivity contribution in [1.82, 2.24) is 0 Å². The molecule has 84 valence electrons. The van der Waals surface area contributed by atoms with Crippen molar-refractivity contribution in [2.24, 2.45) is 0 Å². The summed E-state index contributed by atoms with van der Waals surface area (Å²) in [6, 6.07) is -5.12. The molecule has 1 saturated heterocycles. The second-order valence-electron chi connectivity index (χ2n) is 2.67. The average Bonchev–Trinajstić information content (AvgIpc) is 1.95. The van der Waals surface area contributed by atoms with E-state index in [1.807, 2.05) is 0 Å². The molecule has 0 aliphatic carbocycles. The molecule has 0 saturated carbocycles. The van der Waals surface area contributed by atoms with Gasteiger partial charge in [0.1, 0.15) is 0 Å². The highest BCUT2D eigenvalue weighted by atomic mass is 19.4. The van der Waals surface area contributed by atoms with E-state index in [0.717, 1.165) is 0 Å². The normalized spacial score (nSPS) is 42.9. The highest BCUT2D eigenvalue weighted by molar-refractivity contribution is 4.86. The van der Waals surface area contributed by atoms with Gasteiger partial charge in [-0.1, -0.05) is 0 Å². The van der Waals surface area contributed by atoms with Gasteiger partial charge in [0.05, 0.1) is 0 Å². The van der Waals surface area contributed by atoms with Gasteiger partial charge in [0, 0.05) is 6.92 Å². The van der Waals surface area contributed by atoms with Gasteiger partial charge in [0.15, 0.2) is 0 Å². The molecule has 1 aliphatic heterocycles. The first-order valence-corrected chi connectivity index (χ1v) is 3.14. The van der Waals surface area contributed by atoms with Crippen molar-refractivity contribution in [1.29, 1.82) is 0 Å². The molecule has 2 unspecified atom stereocenters. The molecule has 1 fully saturated rings. The Kier molecular flexibility index (Phi) is 2.06. The van der Waals surface area contributed by atoms with Gasteiger partial charge in [-0.2, -0.15) is 26.3 Å². The van der Waals surface area contributed by atoms with Crippen LogP contribution in [0.4, 0.5) is 30.7 Å². The fourth-order valence-electron chi connectivity index (χ4n) is 0.699. The summed E-state index contributed by atoms with van der Waals surface area (Å²) in [5, 5.41) is 0. The predicted molar refractivity (Wildman–Crippen MR) is 26.5 cm³/mol. The van der Waals surface area contributed by atoms with Crippen molar-refractivity contribution in [2.75, 3.05) is 0 Å². The van der Waals surface area contributed by atoms with Gasteiger partial charge in [-0.15, -0.1) is 0 Å². The molecule has 0 N–H and O–H groups in total.